The highest BCUT2D eigenvalue weighted by atomic mass is 16.6. The molecule has 0 aliphatic carbocycles. The Morgan fingerprint density at radius 1 is 0.400 bits per heavy atom. The van der Waals surface area contributed by atoms with E-state index in [-0.39, 0.29) is 0 Å². The minimum absolute atomic E-state index is 0.359. The highest BCUT2D eigenvalue weighted by molar-refractivity contribution is 5.72. The molecular weight excluding hydrogens is 620 g/mol. The Morgan fingerprint density at radius 3 is 0.900 bits per heavy atom. The van der Waals surface area contributed by atoms with Crippen molar-refractivity contribution in [3.8, 4) is 11.5 Å². The topological polar surface area (TPSA) is 76.7 Å². The van der Waals surface area contributed by atoms with Crippen LogP contribution in [0.25, 0.3) is 0 Å². The van der Waals surface area contributed by atoms with E-state index in [2.05, 4.69) is 24.5 Å². The average Bonchev–Trinajstić information content (AvgIpc) is 3.11. The van der Waals surface area contributed by atoms with Gasteiger partial charge >= 0.3 is 12.2 Å². The lowest BCUT2D eigenvalue weighted by atomic mass is 10.0. The highest BCUT2D eigenvalue weighted by Crippen LogP contribution is 2.20. The van der Waals surface area contributed by atoms with E-state index >= 15 is 0 Å². The highest BCUT2D eigenvalue weighted by Gasteiger charge is 2.08. The predicted molar refractivity (Wildman–Crippen MR) is 214 cm³/mol. The molecule has 0 atom stereocenters. The van der Waals surface area contributed by atoms with Crippen molar-refractivity contribution < 1.29 is 19.1 Å². The molecule has 1 aromatic rings. The van der Waals surface area contributed by atoms with Crippen LogP contribution in [0, 0.1) is 0 Å². The molecule has 0 bridgehead atoms. The molecule has 0 unspecified atom stereocenters. The van der Waals surface area contributed by atoms with E-state index in [0.29, 0.717) is 24.6 Å². The number of nitrogens with one attached hydrogen (secondary N) is 2. The smallest absolute Gasteiger partial charge is 0.410 e. The van der Waals surface area contributed by atoms with Crippen LogP contribution in [0.1, 0.15) is 219 Å². The summed E-state index contributed by atoms with van der Waals surface area (Å²) in [7, 11) is 0. The second-order valence-corrected chi connectivity index (χ2v) is 14.7. The van der Waals surface area contributed by atoms with Crippen molar-refractivity contribution in [2.45, 2.75) is 219 Å². The number of carbonyl (C=O) groups excluding carboxylic acids is 2. The maximum Gasteiger partial charge on any atom is 0.412 e. The normalized spacial score (nSPS) is 11.1. The van der Waals surface area contributed by atoms with Crippen LogP contribution in [0.4, 0.5) is 9.59 Å². The van der Waals surface area contributed by atoms with Crippen LogP contribution in [0.5, 0.6) is 11.5 Å². The Morgan fingerprint density at radius 2 is 0.640 bits per heavy atom. The van der Waals surface area contributed by atoms with E-state index in [9.17, 15) is 9.59 Å². The number of rotatable bonds is 36. The molecule has 2 N–H and O–H groups in total. The lowest BCUT2D eigenvalue weighted by molar-refractivity contribution is 0.198. The van der Waals surface area contributed by atoms with Crippen molar-refractivity contribution in [1.29, 1.82) is 0 Å². The SMILES string of the molecule is CCCCCCCCCCCCCCCCCCNC(=O)Oc1cccc(OC(=O)NCCCCCCCCCCCCCCCCCC)c1. The second kappa shape index (κ2) is 36.5. The van der Waals surface area contributed by atoms with E-state index in [1.807, 2.05) is 0 Å². The summed E-state index contributed by atoms with van der Waals surface area (Å²) in [6.45, 7) is 5.77. The van der Waals surface area contributed by atoms with Gasteiger partial charge in [0.05, 0.1) is 0 Å². The van der Waals surface area contributed by atoms with Gasteiger partial charge < -0.3 is 20.1 Å². The number of benzene rings is 1. The van der Waals surface area contributed by atoms with Crippen molar-refractivity contribution in [3.63, 3.8) is 0 Å². The molecule has 0 saturated heterocycles. The van der Waals surface area contributed by atoms with Gasteiger partial charge in [-0.3, -0.25) is 0 Å². The average molecular weight is 701 g/mol. The molecule has 50 heavy (non-hydrogen) atoms. The molecule has 0 spiro atoms. The van der Waals surface area contributed by atoms with Gasteiger partial charge in [-0.05, 0) is 25.0 Å². The molecule has 290 valence electrons. The third kappa shape index (κ3) is 31.7. The minimum atomic E-state index is -0.476. The van der Waals surface area contributed by atoms with Gasteiger partial charge in [-0.1, -0.05) is 213 Å². The van der Waals surface area contributed by atoms with Crippen LogP contribution in [-0.2, 0) is 0 Å². The van der Waals surface area contributed by atoms with E-state index in [1.54, 1.807) is 24.3 Å². The van der Waals surface area contributed by atoms with E-state index in [1.165, 1.54) is 180 Å². The monoisotopic (exact) mass is 701 g/mol. The standard InChI is InChI=1S/C44H80N2O4/c1-3-5-7-9-11-13-15-17-19-21-23-25-27-29-31-33-38-45-43(47)49-41-36-35-37-42(40-41)50-44(48)46-39-34-32-30-28-26-24-22-20-18-16-14-12-10-8-6-4-2/h35-37,40H,3-34,38-39H2,1-2H3,(H,45,47)(H,46,48). The molecule has 6 nitrogen and oxygen atoms in total. The molecule has 0 aromatic heterocycles. The van der Waals surface area contributed by atoms with E-state index < -0.39 is 12.2 Å². The van der Waals surface area contributed by atoms with Crippen LogP contribution in [-0.4, -0.2) is 25.3 Å². The minimum Gasteiger partial charge on any atom is -0.410 e. The molecule has 0 radical (unpaired) electrons. The molecule has 0 fully saturated rings. The van der Waals surface area contributed by atoms with Gasteiger partial charge in [0.1, 0.15) is 11.5 Å². The number of hydrogen-bond acceptors (Lipinski definition) is 4. The summed E-state index contributed by atoms with van der Waals surface area (Å²) < 4.78 is 10.8. The molecule has 0 heterocycles. The fourth-order valence-electron chi connectivity index (χ4n) is 6.61. The van der Waals surface area contributed by atoms with Gasteiger partial charge in [-0.15, -0.1) is 0 Å². The first-order valence-electron chi connectivity index (χ1n) is 21.7. The fourth-order valence-corrected chi connectivity index (χ4v) is 6.61. The summed E-state index contributed by atoms with van der Waals surface area (Å²) >= 11 is 0. The van der Waals surface area contributed by atoms with Crippen LogP contribution < -0.4 is 20.1 Å². The van der Waals surface area contributed by atoms with Crippen molar-refractivity contribution in [1.82, 2.24) is 10.6 Å². The van der Waals surface area contributed by atoms with E-state index in [0.717, 1.165) is 25.7 Å². The number of amides is 2. The van der Waals surface area contributed by atoms with Gasteiger partial charge in [0, 0.05) is 19.2 Å². The van der Waals surface area contributed by atoms with Crippen molar-refractivity contribution in [3.05, 3.63) is 24.3 Å². The number of hydrogen-bond donors (Lipinski definition) is 2. The summed E-state index contributed by atoms with van der Waals surface area (Å²) in [4.78, 5) is 24.5. The Hall–Kier alpha value is -2.24. The molecule has 0 aliphatic rings. The zero-order valence-corrected chi connectivity index (χ0v) is 33.0. The van der Waals surface area contributed by atoms with Crippen molar-refractivity contribution >= 4 is 12.2 Å². The molecule has 6 heteroatoms. The van der Waals surface area contributed by atoms with Crippen LogP contribution in [0.3, 0.4) is 0 Å². The molecule has 0 saturated carbocycles. The Bertz CT molecular complexity index is 825. The maximum atomic E-state index is 12.2. The van der Waals surface area contributed by atoms with Gasteiger partial charge in [-0.2, -0.15) is 0 Å². The summed E-state index contributed by atoms with van der Waals surface area (Å²) in [5.41, 5.74) is 0. The maximum absolute atomic E-state index is 12.2. The first-order chi connectivity index (χ1) is 24.7. The summed E-state index contributed by atoms with van der Waals surface area (Å²) in [6, 6.07) is 6.67. The van der Waals surface area contributed by atoms with Crippen LogP contribution >= 0.6 is 0 Å². The van der Waals surface area contributed by atoms with E-state index in [4.69, 9.17) is 9.47 Å². The summed E-state index contributed by atoms with van der Waals surface area (Å²) in [5.74, 6) is 0.718. The summed E-state index contributed by atoms with van der Waals surface area (Å²) in [6.07, 6.45) is 41.6. The first-order valence-corrected chi connectivity index (χ1v) is 21.7. The lowest BCUT2D eigenvalue weighted by Gasteiger charge is -2.09. The summed E-state index contributed by atoms with van der Waals surface area (Å²) in [5, 5.41) is 5.67. The Labute approximate surface area is 309 Å². The van der Waals surface area contributed by atoms with Gasteiger partial charge in [0.15, 0.2) is 0 Å². The fraction of sp³-hybridized carbons (Fsp3) is 0.818. The lowest BCUT2D eigenvalue weighted by Crippen LogP contribution is -2.28. The zero-order chi connectivity index (χ0) is 36.0. The molecule has 0 aliphatic heterocycles. The molecule has 1 rings (SSSR count). The van der Waals surface area contributed by atoms with Crippen molar-refractivity contribution in [2.24, 2.45) is 0 Å². The van der Waals surface area contributed by atoms with Gasteiger partial charge in [-0.25, -0.2) is 9.59 Å². The zero-order valence-electron chi connectivity index (χ0n) is 33.0. The third-order valence-electron chi connectivity index (χ3n) is 9.83. The number of ether oxygens (including phenoxy) is 2. The van der Waals surface area contributed by atoms with Crippen LogP contribution in [0.2, 0.25) is 0 Å². The number of unbranched alkanes of at least 4 members (excludes halogenated alkanes) is 30. The third-order valence-corrected chi connectivity index (χ3v) is 9.83. The van der Waals surface area contributed by atoms with Crippen molar-refractivity contribution in [2.75, 3.05) is 13.1 Å². The second-order valence-electron chi connectivity index (χ2n) is 14.7. The quantitative estimate of drug-likeness (QED) is 0.0683. The first kappa shape index (κ1) is 45.8. The van der Waals surface area contributed by atoms with Gasteiger partial charge in [0.25, 0.3) is 0 Å². The molecule has 1 aromatic carbocycles. The molecule has 2 amide bonds. The number of carbonyl (C=O) groups is 2. The Balaban J connectivity index is 1.93. The molecular formula is C44H80N2O4. The predicted octanol–water partition coefficient (Wildman–Crippen LogP) is 14.4. The van der Waals surface area contributed by atoms with Crippen LogP contribution in [0.15, 0.2) is 24.3 Å². The largest absolute Gasteiger partial charge is 0.412 e. The van der Waals surface area contributed by atoms with Gasteiger partial charge in [0.2, 0.25) is 0 Å². The Kier molecular flexibility index (Phi) is 33.5.